The van der Waals surface area contributed by atoms with Gasteiger partial charge in [0.1, 0.15) is 5.83 Å². The molecule has 80 valence electrons. The molecule has 0 aromatic heterocycles. The summed E-state index contributed by atoms with van der Waals surface area (Å²) in [7, 11) is 0. The minimum atomic E-state index is -0.174. The number of hydrogen-bond donors (Lipinski definition) is 0. The van der Waals surface area contributed by atoms with Crippen LogP contribution in [-0.2, 0) is 0 Å². The van der Waals surface area contributed by atoms with E-state index >= 15 is 0 Å². The first kappa shape index (κ1) is 13.2. The van der Waals surface area contributed by atoms with Crippen LogP contribution in [0, 0.1) is 5.92 Å². The average Bonchev–Trinajstić information content (AvgIpc) is 2.10. The van der Waals surface area contributed by atoms with Crippen LogP contribution in [0.25, 0.3) is 0 Å². The van der Waals surface area contributed by atoms with Crippen LogP contribution in [0.15, 0.2) is 35.7 Å². The van der Waals surface area contributed by atoms with Crippen LogP contribution in [-0.4, -0.2) is 0 Å². The molecule has 0 unspecified atom stereocenters. The molecule has 0 rings (SSSR count). The summed E-state index contributed by atoms with van der Waals surface area (Å²) in [5, 5.41) is 0. The molecule has 0 aromatic carbocycles. The van der Waals surface area contributed by atoms with Crippen molar-refractivity contribution < 1.29 is 4.39 Å². The Labute approximate surface area is 87.2 Å². The quantitative estimate of drug-likeness (QED) is 0.554. The predicted octanol–water partition coefficient (Wildman–Crippen LogP) is 4.80. The molecular weight excluding hydrogens is 175 g/mol. The Bertz CT molecular complexity index is 244. The highest BCUT2D eigenvalue weighted by atomic mass is 19.1. The van der Waals surface area contributed by atoms with Gasteiger partial charge in [-0.25, -0.2) is 4.39 Å². The first-order valence-corrected chi connectivity index (χ1v) is 5.15. The van der Waals surface area contributed by atoms with Crippen molar-refractivity contribution in [3.05, 3.63) is 35.7 Å². The zero-order valence-electron chi connectivity index (χ0n) is 9.73. The van der Waals surface area contributed by atoms with Gasteiger partial charge in [-0.1, -0.05) is 32.1 Å². The molecule has 0 bridgehead atoms. The van der Waals surface area contributed by atoms with Gasteiger partial charge in [0.15, 0.2) is 0 Å². The van der Waals surface area contributed by atoms with Crippen molar-refractivity contribution in [3.8, 4) is 0 Å². The topological polar surface area (TPSA) is 0 Å². The Morgan fingerprint density at radius 3 is 2.36 bits per heavy atom. The molecule has 0 aromatic rings. The summed E-state index contributed by atoms with van der Waals surface area (Å²) in [5.74, 6) is 0.471. The van der Waals surface area contributed by atoms with E-state index in [2.05, 4.69) is 20.4 Å². The molecule has 0 saturated heterocycles. The van der Waals surface area contributed by atoms with Crippen molar-refractivity contribution in [3.63, 3.8) is 0 Å². The standard InChI is InChI=1S/C13H21F/c1-6-13(14)9-12(11(4)5)8-7-10(2)3/h6,9-10H,4,7-8H2,1-3,5H3/b12-9-,13-6+. The maximum atomic E-state index is 13.0. The highest BCUT2D eigenvalue weighted by Gasteiger charge is 2.02. The second kappa shape index (κ2) is 6.58. The lowest BCUT2D eigenvalue weighted by Gasteiger charge is -2.08. The van der Waals surface area contributed by atoms with Crippen molar-refractivity contribution >= 4 is 0 Å². The monoisotopic (exact) mass is 196 g/mol. The molecule has 0 N–H and O–H groups in total. The molecule has 0 atom stereocenters. The normalized spacial score (nSPS) is 13.6. The lowest BCUT2D eigenvalue weighted by molar-refractivity contribution is 0.584. The third kappa shape index (κ3) is 5.74. The van der Waals surface area contributed by atoms with Gasteiger partial charge >= 0.3 is 0 Å². The molecule has 0 amide bonds. The summed E-state index contributed by atoms with van der Waals surface area (Å²) in [4.78, 5) is 0. The second-order valence-corrected chi connectivity index (χ2v) is 4.06. The van der Waals surface area contributed by atoms with E-state index in [9.17, 15) is 4.39 Å². The van der Waals surface area contributed by atoms with E-state index < -0.39 is 0 Å². The molecule has 1 heteroatoms. The maximum absolute atomic E-state index is 13.0. The molecule has 0 radical (unpaired) electrons. The molecule has 0 spiro atoms. The van der Waals surface area contributed by atoms with Gasteiger partial charge in [0.05, 0.1) is 0 Å². The average molecular weight is 196 g/mol. The zero-order chi connectivity index (χ0) is 11.1. The minimum Gasteiger partial charge on any atom is -0.207 e. The van der Waals surface area contributed by atoms with Gasteiger partial charge in [0.2, 0.25) is 0 Å². The van der Waals surface area contributed by atoms with E-state index in [1.54, 1.807) is 13.0 Å². The van der Waals surface area contributed by atoms with Crippen LogP contribution < -0.4 is 0 Å². The van der Waals surface area contributed by atoms with Crippen LogP contribution in [0.2, 0.25) is 0 Å². The van der Waals surface area contributed by atoms with E-state index in [-0.39, 0.29) is 5.83 Å². The van der Waals surface area contributed by atoms with Crippen LogP contribution >= 0.6 is 0 Å². The van der Waals surface area contributed by atoms with Crippen molar-refractivity contribution in [1.29, 1.82) is 0 Å². The molecule has 0 heterocycles. The maximum Gasteiger partial charge on any atom is 0.119 e. The molecule has 0 aliphatic heterocycles. The number of allylic oxidation sites excluding steroid dienone is 5. The van der Waals surface area contributed by atoms with E-state index in [4.69, 9.17) is 0 Å². The Morgan fingerprint density at radius 2 is 2.00 bits per heavy atom. The third-order valence-electron chi connectivity index (χ3n) is 2.13. The molecule has 0 saturated carbocycles. The van der Waals surface area contributed by atoms with E-state index in [0.717, 1.165) is 24.0 Å². The summed E-state index contributed by atoms with van der Waals surface area (Å²) in [5.41, 5.74) is 1.98. The number of hydrogen-bond acceptors (Lipinski definition) is 0. The molecule has 0 aliphatic rings. The van der Waals surface area contributed by atoms with Gasteiger partial charge in [-0.3, -0.25) is 0 Å². The SMILES string of the molecule is C=C(C)/C(=C\C(F)=C/C)CCC(C)C. The van der Waals surface area contributed by atoms with Crippen LogP contribution in [0.4, 0.5) is 4.39 Å². The van der Waals surface area contributed by atoms with Crippen molar-refractivity contribution in [2.45, 2.75) is 40.5 Å². The van der Waals surface area contributed by atoms with Crippen molar-refractivity contribution in [2.75, 3.05) is 0 Å². The second-order valence-electron chi connectivity index (χ2n) is 4.06. The number of halogens is 1. The first-order chi connectivity index (χ1) is 6.47. The van der Waals surface area contributed by atoms with Gasteiger partial charge in [-0.2, -0.15) is 0 Å². The largest absolute Gasteiger partial charge is 0.207 e. The summed E-state index contributed by atoms with van der Waals surface area (Å²) in [6, 6.07) is 0. The molecule has 0 aliphatic carbocycles. The van der Waals surface area contributed by atoms with Crippen LogP contribution in [0.3, 0.4) is 0 Å². The van der Waals surface area contributed by atoms with E-state index in [1.807, 2.05) is 6.92 Å². The van der Waals surface area contributed by atoms with Crippen molar-refractivity contribution in [1.82, 2.24) is 0 Å². The van der Waals surface area contributed by atoms with Gasteiger partial charge in [-0.05, 0) is 44.3 Å². The first-order valence-electron chi connectivity index (χ1n) is 5.15. The third-order valence-corrected chi connectivity index (χ3v) is 2.13. The van der Waals surface area contributed by atoms with Gasteiger partial charge in [0.25, 0.3) is 0 Å². The van der Waals surface area contributed by atoms with Gasteiger partial charge in [0, 0.05) is 0 Å². The zero-order valence-corrected chi connectivity index (χ0v) is 9.73. The van der Waals surface area contributed by atoms with Crippen molar-refractivity contribution in [2.24, 2.45) is 5.92 Å². The minimum absolute atomic E-state index is 0.174. The van der Waals surface area contributed by atoms with Crippen LogP contribution in [0.1, 0.15) is 40.5 Å². The van der Waals surface area contributed by atoms with Crippen LogP contribution in [0.5, 0.6) is 0 Å². The molecule has 0 nitrogen and oxygen atoms in total. The predicted molar refractivity (Wildman–Crippen MR) is 61.8 cm³/mol. The molecule has 14 heavy (non-hydrogen) atoms. The Hall–Kier alpha value is -0.850. The Balaban J connectivity index is 4.45. The highest BCUT2D eigenvalue weighted by molar-refractivity contribution is 5.31. The fourth-order valence-corrected chi connectivity index (χ4v) is 1.10. The van der Waals surface area contributed by atoms with E-state index in [0.29, 0.717) is 5.92 Å². The number of rotatable bonds is 5. The molecule has 0 fully saturated rings. The molecular formula is C13H21F. The smallest absolute Gasteiger partial charge is 0.119 e. The summed E-state index contributed by atoms with van der Waals surface area (Å²) >= 11 is 0. The summed E-state index contributed by atoms with van der Waals surface area (Å²) in [6.07, 6.45) is 5.05. The fourth-order valence-electron chi connectivity index (χ4n) is 1.10. The van der Waals surface area contributed by atoms with E-state index in [1.165, 1.54) is 6.08 Å². The lowest BCUT2D eigenvalue weighted by Crippen LogP contribution is -1.91. The van der Waals surface area contributed by atoms with Gasteiger partial charge < -0.3 is 0 Å². The fraction of sp³-hybridized carbons (Fsp3) is 0.538. The van der Waals surface area contributed by atoms with Gasteiger partial charge in [-0.15, -0.1) is 0 Å². The summed E-state index contributed by atoms with van der Waals surface area (Å²) < 4.78 is 13.0. The Kier molecular flexibility index (Phi) is 6.18. The summed E-state index contributed by atoms with van der Waals surface area (Å²) in [6.45, 7) is 11.8. The Morgan fingerprint density at radius 1 is 1.43 bits per heavy atom. The lowest BCUT2D eigenvalue weighted by atomic mass is 9.98. The highest BCUT2D eigenvalue weighted by Crippen LogP contribution is 2.19.